The number of carbonyl (C=O) groups excluding carboxylic acids is 12. The summed E-state index contributed by atoms with van der Waals surface area (Å²) >= 11 is 0. The van der Waals surface area contributed by atoms with E-state index < -0.39 is 224 Å². The molecule has 0 bridgehead atoms. The molecule has 31 heteroatoms. The number of hydrogen-bond acceptors (Lipinski definition) is 28. The van der Waals surface area contributed by atoms with Gasteiger partial charge in [-0.05, 0) is 57.8 Å². The third-order valence-corrected chi connectivity index (χ3v) is 24.3. The summed E-state index contributed by atoms with van der Waals surface area (Å²) in [5.41, 5.74) is -6.47. The molecule has 0 rings (SSSR count). The van der Waals surface area contributed by atoms with Gasteiger partial charge in [-0.1, -0.05) is 72.2 Å². The molecular weight excluding hydrogens is 1300 g/mol. The smallest absolute Gasteiger partial charge is 0.330 e. The molecule has 0 fully saturated rings. The van der Waals surface area contributed by atoms with E-state index in [4.69, 9.17) is 74.5 Å². The Morgan fingerprint density at radius 1 is 0.263 bits per heavy atom. The van der Waals surface area contributed by atoms with E-state index in [1.807, 2.05) is 39.3 Å². The Morgan fingerprint density at radius 3 is 0.663 bits per heavy atom. The monoisotopic (exact) mass is 1390 g/mol. The van der Waals surface area contributed by atoms with Gasteiger partial charge < -0.3 is 74.5 Å². The molecule has 28 nitrogen and oxygen atoms in total. The zero-order valence-corrected chi connectivity index (χ0v) is 58.3. The molecule has 528 valence electrons. The second kappa shape index (κ2) is 44.2. The van der Waals surface area contributed by atoms with E-state index in [2.05, 4.69) is 65.8 Å². The maximum absolute atomic E-state index is 13.7. The van der Waals surface area contributed by atoms with Crippen molar-refractivity contribution in [1.82, 2.24) is 0 Å². The Labute approximate surface area is 557 Å². The van der Waals surface area contributed by atoms with Crippen LogP contribution in [0.15, 0.2) is 127 Å². The number of unbranched alkanes of at least 4 members (excludes halogenated alkanes) is 1. The molecular formula is C64H92O28Si3. The molecule has 0 saturated heterocycles. The first-order valence-corrected chi connectivity index (χ1v) is 38.4. The van der Waals surface area contributed by atoms with E-state index in [1.165, 1.54) is 0 Å². The Bertz CT molecular complexity index is 2580. The fourth-order valence-corrected chi connectivity index (χ4v) is 22.0. The van der Waals surface area contributed by atoms with Gasteiger partial charge in [-0.3, -0.25) is 9.59 Å². The van der Waals surface area contributed by atoms with Crippen molar-refractivity contribution in [2.75, 3.05) is 106 Å². The lowest BCUT2D eigenvalue weighted by Crippen LogP contribution is -2.52. The average molecular weight is 1390 g/mol. The standard InChI is InChI=1S/C64H92O28Si3/c1-17-49(65)79-37-61(38-80-50(66)18-2,39-81-51(67)19-3)33-77-35-63(43-85-55(71)23-7,44-86-56(72)24-8)47-89-59(75)29-27-28-31-93(11,12)91-95(15,16)92-94(13,14)32-30-60(76)90-48-64(45-87-57(73)25-9,46-88-58(74)26-10)36-78-34-62(40-82-52(68)20-4,41-83-53(69)21-5)42-84-54(70)22-6/h17-26H,1-10,27-48H2,11-16H3. The van der Waals surface area contributed by atoms with Crippen LogP contribution in [0, 0.1) is 21.7 Å². The number of hydrogen-bond donors (Lipinski definition) is 0. The highest BCUT2D eigenvalue weighted by Crippen LogP contribution is 2.31. The molecule has 0 aliphatic rings. The van der Waals surface area contributed by atoms with Crippen molar-refractivity contribution in [3.63, 3.8) is 0 Å². The van der Waals surface area contributed by atoms with Gasteiger partial charge in [-0.2, -0.15) is 0 Å². The summed E-state index contributed by atoms with van der Waals surface area (Å²) < 4.78 is 90.3. The van der Waals surface area contributed by atoms with Crippen LogP contribution < -0.4 is 0 Å². The van der Waals surface area contributed by atoms with Crippen molar-refractivity contribution in [3.8, 4) is 0 Å². The van der Waals surface area contributed by atoms with Gasteiger partial charge in [0.25, 0.3) is 0 Å². The van der Waals surface area contributed by atoms with Crippen molar-refractivity contribution >= 4 is 96.8 Å². The van der Waals surface area contributed by atoms with Gasteiger partial charge >= 0.3 is 80.2 Å². The minimum absolute atomic E-state index is 0.0946. The second-order valence-corrected chi connectivity index (χ2v) is 35.7. The van der Waals surface area contributed by atoms with Crippen molar-refractivity contribution in [1.29, 1.82) is 0 Å². The van der Waals surface area contributed by atoms with E-state index in [9.17, 15) is 57.5 Å². The lowest BCUT2D eigenvalue weighted by Gasteiger charge is -2.38. The Hall–Kier alpha value is -8.47. The van der Waals surface area contributed by atoms with Gasteiger partial charge in [0, 0.05) is 73.6 Å². The summed E-state index contributed by atoms with van der Waals surface area (Å²) in [5, 5.41) is 0. The lowest BCUT2D eigenvalue weighted by atomic mass is 9.90. The number of esters is 12. The molecule has 0 atom stereocenters. The Morgan fingerprint density at radius 2 is 0.453 bits per heavy atom. The first kappa shape index (κ1) is 86.5. The van der Waals surface area contributed by atoms with Crippen LogP contribution in [0.4, 0.5) is 0 Å². The topological polar surface area (TPSA) is 353 Å². The fourth-order valence-electron chi connectivity index (χ4n) is 8.09. The maximum atomic E-state index is 13.7. The van der Waals surface area contributed by atoms with Crippen LogP contribution in [0.25, 0.3) is 0 Å². The molecule has 0 saturated carbocycles. The zero-order chi connectivity index (χ0) is 72.4. The second-order valence-electron chi connectivity index (χ2n) is 23.3. The van der Waals surface area contributed by atoms with Crippen LogP contribution in [0.5, 0.6) is 0 Å². The van der Waals surface area contributed by atoms with E-state index in [1.54, 1.807) is 0 Å². The zero-order valence-electron chi connectivity index (χ0n) is 55.3. The van der Waals surface area contributed by atoms with Gasteiger partial charge in [-0.15, -0.1) is 0 Å². The summed E-state index contributed by atoms with van der Waals surface area (Å²) in [5.74, 6) is -10.3. The fraction of sp³-hybridized carbons (Fsp3) is 0.500. The first-order chi connectivity index (χ1) is 44.6. The van der Waals surface area contributed by atoms with Crippen LogP contribution >= 0.6 is 0 Å². The van der Waals surface area contributed by atoms with Gasteiger partial charge in [0.15, 0.2) is 16.6 Å². The number of rotatable bonds is 54. The molecule has 0 aliphatic carbocycles. The van der Waals surface area contributed by atoms with Crippen molar-refractivity contribution in [2.24, 2.45) is 21.7 Å². The molecule has 0 unspecified atom stereocenters. The molecule has 95 heavy (non-hydrogen) atoms. The summed E-state index contributed by atoms with van der Waals surface area (Å²) in [6.07, 6.45) is 9.28. The normalized spacial score (nSPS) is 11.6. The van der Waals surface area contributed by atoms with E-state index in [0.29, 0.717) is 18.9 Å². The predicted octanol–water partition coefficient (Wildman–Crippen LogP) is 6.05. The van der Waals surface area contributed by atoms with Gasteiger partial charge in [0.1, 0.15) is 79.3 Å². The van der Waals surface area contributed by atoms with E-state index in [0.717, 1.165) is 60.8 Å². The van der Waals surface area contributed by atoms with E-state index >= 15 is 0 Å². The molecule has 0 heterocycles. The lowest BCUT2D eigenvalue weighted by molar-refractivity contribution is -0.174. The Balaban J connectivity index is 6.41. The highest BCUT2D eigenvalue weighted by molar-refractivity contribution is 6.87. The third-order valence-electron chi connectivity index (χ3n) is 13.0. The third kappa shape index (κ3) is 37.9. The summed E-state index contributed by atoms with van der Waals surface area (Å²) in [6, 6.07) is 0.810. The van der Waals surface area contributed by atoms with Crippen LogP contribution in [-0.4, -0.2) is 203 Å². The molecule has 0 spiro atoms. The number of carbonyl (C=O) groups is 12. The van der Waals surface area contributed by atoms with Crippen LogP contribution in [0.1, 0.15) is 25.7 Å². The predicted molar refractivity (Wildman–Crippen MR) is 348 cm³/mol. The average Bonchev–Trinajstić information content (AvgIpc) is 0.869. The van der Waals surface area contributed by atoms with Gasteiger partial charge in [-0.25, -0.2) is 47.9 Å². The molecule has 0 aromatic heterocycles. The minimum Gasteiger partial charge on any atom is -0.465 e. The van der Waals surface area contributed by atoms with Gasteiger partial charge in [0.2, 0.25) is 0 Å². The first-order valence-electron chi connectivity index (χ1n) is 29.4. The van der Waals surface area contributed by atoms with E-state index in [-0.39, 0.29) is 18.9 Å². The SMILES string of the molecule is C=CC(=O)OCC(COCC(COC(=O)C=C)(COC(=O)C=C)COC(=O)CCCC[Si](C)(C)O[Si](C)(C)O[Si](C)(C)CCC(=O)OCC(COCC(COC(=O)C=C)(COC(=O)C=C)COC(=O)C=C)(COC(=O)C=C)COC(=O)C=C)(COC(=O)C=C)COC(=O)C=C. The molecule has 0 radical (unpaired) electrons. The maximum Gasteiger partial charge on any atom is 0.330 e. The summed E-state index contributed by atoms with van der Waals surface area (Å²) in [4.78, 5) is 150. The molecule has 0 aliphatic heterocycles. The quantitative estimate of drug-likeness (QED) is 0.0220. The van der Waals surface area contributed by atoms with Crippen LogP contribution in [-0.2, 0) is 132 Å². The summed E-state index contributed by atoms with van der Waals surface area (Å²) in [7, 11) is -8.25. The summed E-state index contributed by atoms with van der Waals surface area (Å²) in [6.45, 7) is 36.5. The van der Waals surface area contributed by atoms with Crippen molar-refractivity contribution < 1.29 is 132 Å². The molecule has 0 N–H and O–H groups in total. The highest BCUT2D eigenvalue weighted by Gasteiger charge is 2.44. The van der Waals surface area contributed by atoms with Crippen LogP contribution in [0.2, 0.25) is 51.4 Å². The highest BCUT2D eigenvalue weighted by atomic mass is 28.5. The molecule has 0 aromatic rings. The molecule has 0 amide bonds. The Kier molecular flexibility index (Phi) is 40.3. The largest absolute Gasteiger partial charge is 0.465 e. The van der Waals surface area contributed by atoms with Crippen LogP contribution in [0.3, 0.4) is 0 Å². The molecule has 0 aromatic carbocycles. The van der Waals surface area contributed by atoms with Crippen molar-refractivity contribution in [2.45, 2.75) is 77.1 Å². The van der Waals surface area contributed by atoms with Crippen molar-refractivity contribution in [3.05, 3.63) is 127 Å². The van der Waals surface area contributed by atoms with Gasteiger partial charge in [0.05, 0.1) is 48.1 Å². The minimum atomic E-state index is -2.95. The number of ether oxygens (including phenoxy) is 14.